The maximum atomic E-state index is 13.0. The summed E-state index contributed by atoms with van der Waals surface area (Å²) < 4.78 is 33.8. The van der Waals surface area contributed by atoms with Gasteiger partial charge in [-0.3, -0.25) is 19.2 Å². The number of rotatable bonds is 5. The molecule has 1 fully saturated rings. The normalized spacial score (nSPS) is 14.9. The lowest BCUT2D eigenvalue weighted by Crippen LogP contribution is -2.40. The van der Waals surface area contributed by atoms with E-state index < -0.39 is 10.0 Å². The molecule has 0 saturated carbocycles. The third kappa shape index (κ3) is 4.01. The molecule has 1 saturated heterocycles. The molecule has 0 spiro atoms. The summed E-state index contributed by atoms with van der Waals surface area (Å²) in [6.07, 6.45) is 1.01. The number of hydrogen-bond donors (Lipinski definition) is 1. The van der Waals surface area contributed by atoms with E-state index in [1.54, 1.807) is 12.1 Å². The number of benzene rings is 2. The lowest BCUT2D eigenvalue weighted by atomic mass is 10.1. The van der Waals surface area contributed by atoms with Crippen molar-refractivity contribution in [1.82, 2.24) is 0 Å². The van der Waals surface area contributed by atoms with E-state index in [9.17, 15) is 18.0 Å². The average Bonchev–Trinajstić information content (AvgIpc) is 2.60. The van der Waals surface area contributed by atoms with Crippen molar-refractivity contribution in [1.29, 1.82) is 0 Å². The molecule has 148 valence electrons. The SMILES string of the molecule is COc1ccc(N2C(=O)CCCC2=O)cc1S(=O)(=O)Nc1cc(C)cc(C)c1. The highest BCUT2D eigenvalue weighted by Crippen LogP contribution is 2.32. The Hall–Kier alpha value is -2.87. The average molecular weight is 402 g/mol. The Morgan fingerprint density at radius 3 is 2.14 bits per heavy atom. The number of ether oxygens (including phenoxy) is 1. The quantitative estimate of drug-likeness (QED) is 0.776. The van der Waals surface area contributed by atoms with Crippen molar-refractivity contribution >= 4 is 33.2 Å². The third-order valence-corrected chi connectivity index (χ3v) is 5.85. The van der Waals surface area contributed by atoms with Crippen LogP contribution in [0, 0.1) is 13.8 Å². The summed E-state index contributed by atoms with van der Waals surface area (Å²) >= 11 is 0. The van der Waals surface area contributed by atoms with Crippen LogP contribution in [0.15, 0.2) is 41.3 Å². The molecule has 28 heavy (non-hydrogen) atoms. The summed E-state index contributed by atoms with van der Waals surface area (Å²) in [6.45, 7) is 3.75. The molecule has 2 aromatic carbocycles. The molecule has 2 aromatic rings. The summed E-state index contributed by atoms with van der Waals surface area (Å²) in [5, 5.41) is 0. The first-order valence-electron chi connectivity index (χ1n) is 8.86. The monoisotopic (exact) mass is 402 g/mol. The lowest BCUT2D eigenvalue weighted by Gasteiger charge is -2.25. The van der Waals surface area contributed by atoms with Crippen LogP contribution in [-0.2, 0) is 19.6 Å². The second-order valence-corrected chi connectivity index (χ2v) is 8.44. The van der Waals surface area contributed by atoms with Gasteiger partial charge in [0, 0.05) is 18.5 Å². The van der Waals surface area contributed by atoms with Gasteiger partial charge < -0.3 is 4.74 Å². The Bertz CT molecular complexity index is 1010. The molecule has 1 aliphatic heterocycles. The van der Waals surface area contributed by atoms with Crippen molar-refractivity contribution < 1.29 is 22.7 Å². The van der Waals surface area contributed by atoms with Crippen LogP contribution in [0.3, 0.4) is 0 Å². The Kier molecular flexibility index (Phi) is 5.42. The van der Waals surface area contributed by atoms with E-state index in [0.717, 1.165) is 16.0 Å². The number of carbonyl (C=O) groups is 2. The topological polar surface area (TPSA) is 92.8 Å². The van der Waals surface area contributed by atoms with Gasteiger partial charge in [0.15, 0.2) is 0 Å². The van der Waals surface area contributed by atoms with E-state index in [1.165, 1.54) is 25.3 Å². The maximum absolute atomic E-state index is 13.0. The van der Waals surface area contributed by atoms with E-state index in [0.29, 0.717) is 12.1 Å². The van der Waals surface area contributed by atoms with Gasteiger partial charge in [0.25, 0.3) is 10.0 Å². The standard InChI is InChI=1S/C20H22N2O5S/c1-13-9-14(2)11-15(10-13)21-28(25,26)18-12-16(7-8-17(18)27-3)22-19(23)5-4-6-20(22)24/h7-12,21H,4-6H2,1-3H3. The van der Waals surface area contributed by atoms with E-state index in [4.69, 9.17) is 4.74 Å². The summed E-state index contributed by atoms with van der Waals surface area (Å²) in [5.41, 5.74) is 2.48. The molecule has 0 bridgehead atoms. The Morgan fingerprint density at radius 1 is 0.964 bits per heavy atom. The second kappa shape index (κ2) is 7.63. The zero-order valence-corrected chi connectivity index (χ0v) is 16.8. The molecule has 1 N–H and O–H groups in total. The molecule has 2 amide bonds. The van der Waals surface area contributed by atoms with Gasteiger partial charge in [-0.25, -0.2) is 8.42 Å². The number of piperidine rings is 1. The van der Waals surface area contributed by atoms with Gasteiger partial charge in [-0.15, -0.1) is 0 Å². The molecule has 1 aliphatic rings. The largest absolute Gasteiger partial charge is 0.495 e. The van der Waals surface area contributed by atoms with Gasteiger partial charge in [0.2, 0.25) is 11.8 Å². The first-order chi connectivity index (χ1) is 13.2. The van der Waals surface area contributed by atoms with Crippen molar-refractivity contribution in [3.05, 3.63) is 47.5 Å². The van der Waals surface area contributed by atoms with Crippen molar-refractivity contribution in [2.75, 3.05) is 16.7 Å². The molecule has 3 rings (SSSR count). The highest BCUT2D eigenvalue weighted by atomic mass is 32.2. The third-order valence-electron chi connectivity index (χ3n) is 4.45. The molecule has 0 unspecified atom stereocenters. The summed E-state index contributed by atoms with van der Waals surface area (Å²) in [6, 6.07) is 9.63. The van der Waals surface area contributed by atoms with Gasteiger partial charge in [0.05, 0.1) is 12.8 Å². The first-order valence-corrected chi connectivity index (χ1v) is 10.3. The zero-order valence-electron chi connectivity index (χ0n) is 16.0. The number of imide groups is 1. The van der Waals surface area contributed by atoms with Gasteiger partial charge in [-0.1, -0.05) is 6.07 Å². The molecule has 0 radical (unpaired) electrons. The highest BCUT2D eigenvalue weighted by Gasteiger charge is 2.29. The number of carbonyl (C=O) groups excluding carboxylic acids is 2. The molecular weight excluding hydrogens is 380 g/mol. The molecule has 7 nitrogen and oxygen atoms in total. The number of hydrogen-bond acceptors (Lipinski definition) is 5. The number of aryl methyl sites for hydroxylation is 2. The van der Waals surface area contributed by atoms with Crippen LogP contribution in [-0.4, -0.2) is 27.3 Å². The van der Waals surface area contributed by atoms with Crippen molar-refractivity contribution in [2.45, 2.75) is 38.0 Å². The smallest absolute Gasteiger partial charge is 0.265 e. The zero-order chi connectivity index (χ0) is 20.5. The van der Waals surface area contributed by atoms with Gasteiger partial charge in [-0.2, -0.15) is 0 Å². The van der Waals surface area contributed by atoms with Crippen LogP contribution in [0.4, 0.5) is 11.4 Å². The van der Waals surface area contributed by atoms with Crippen LogP contribution < -0.4 is 14.4 Å². The number of nitrogens with zero attached hydrogens (tertiary/aromatic N) is 1. The lowest BCUT2D eigenvalue weighted by molar-refractivity contribution is -0.129. The Balaban J connectivity index is 2.03. The molecule has 0 atom stereocenters. The van der Waals surface area contributed by atoms with E-state index in [-0.39, 0.29) is 41.0 Å². The number of anilines is 2. The predicted octanol–water partition coefficient (Wildman–Crippen LogP) is 3.16. The maximum Gasteiger partial charge on any atom is 0.265 e. The summed E-state index contributed by atoms with van der Waals surface area (Å²) in [4.78, 5) is 25.3. The Labute approximate surface area is 164 Å². The van der Waals surface area contributed by atoms with Gasteiger partial charge in [0.1, 0.15) is 10.6 Å². The van der Waals surface area contributed by atoms with Crippen molar-refractivity contribution in [2.24, 2.45) is 0 Å². The number of amides is 2. The first kappa shape index (κ1) is 19.9. The molecule has 1 heterocycles. The van der Waals surface area contributed by atoms with Crippen LogP contribution >= 0.6 is 0 Å². The van der Waals surface area contributed by atoms with Crippen LogP contribution in [0.5, 0.6) is 5.75 Å². The van der Waals surface area contributed by atoms with Crippen molar-refractivity contribution in [3.8, 4) is 5.75 Å². The van der Waals surface area contributed by atoms with Crippen molar-refractivity contribution in [3.63, 3.8) is 0 Å². The minimum Gasteiger partial charge on any atom is -0.495 e. The van der Waals surface area contributed by atoms with Gasteiger partial charge >= 0.3 is 0 Å². The second-order valence-electron chi connectivity index (χ2n) is 6.79. The fourth-order valence-electron chi connectivity index (χ4n) is 3.30. The van der Waals surface area contributed by atoms with Gasteiger partial charge in [-0.05, 0) is 61.7 Å². The van der Waals surface area contributed by atoms with E-state index in [1.807, 2.05) is 19.9 Å². The molecule has 8 heteroatoms. The fourth-order valence-corrected chi connectivity index (χ4v) is 4.53. The summed E-state index contributed by atoms with van der Waals surface area (Å²) in [7, 11) is -2.65. The molecule has 0 aromatic heterocycles. The van der Waals surface area contributed by atoms with Crippen LogP contribution in [0.2, 0.25) is 0 Å². The minimum atomic E-state index is -4.01. The molecular formula is C20H22N2O5S. The van der Waals surface area contributed by atoms with Crippen LogP contribution in [0.1, 0.15) is 30.4 Å². The Morgan fingerprint density at radius 2 is 1.57 bits per heavy atom. The number of sulfonamides is 1. The van der Waals surface area contributed by atoms with Crippen LogP contribution in [0.25, 0.3) is 0 Å². The predicted molar refractivity (Wildman–Crippen MR) is 106 cm³/mol. The molecule has 0 aliphatic carbocycles. The minimum absolute atomic E-state index is 0.123. The number of methoxy groups -OCH3 is 1. The van der Waals surface area contributed by atoms with E-state index in [2.05, 4.69) is 4.72 Å². The number of nitrogens with one attached hydrogen (secondary N) is 1. The fraction of sp³-hybridized carbons (Fsp3) is 0.300. The summed E-state index contributed by atoms with van der Waals surface area (Å²) in [5.74, 6) is -0.559. The highest BCUT2D eigenvalue weighted by molar-refractivity contribution is 7.92. The van der Waals surface area contributed by atoms with E-state index >= 15 is 0 Å².